The molecule has 0 aliphatic rings. The average Bonchev–Trinajstić information content (AvgIpc) is 2.18. The van der Waals surface area contributed by atoms with Gasteiger partial charge in [-0.3, -0.25) is 0 Å². The number of rotatable bonds is 5. The van der Waals surface area contributed by atoms with Crippen molar-refractivity contribution in [2.45, 2.75) is 39.2 Å². The van der Waals surface area contributed by atoms with Gasteiger partial charge in [-0.05, 0) is 41.4 Å². The van der Waals surface area contributed by atoms with E-state index in [0.29, 0.717) is 6.04 Å². The van der Waals surface area contributed by atoms with Gasteiger partial charge in [-0.1, -0.05) is 19.8 Å². The summed E-state index contributed by atoms with van der Waals surface area (Å²) in [6.45, 7) is 4.41. The summed E-state index contributed by atoms with van der Waals surface area (Å²) in [5.74, 6) is 0.955. The molecule has 1 N–H and O–H groups in total. The third-order valence-corrected chi connectivity index (χ3v) is 2.58. The Kier molecular flexibility index (Phi) is 4.94. The molecule has 1 aromatic heterocycles. The molecular weight excluding hydrogens is 240 g/mol. The second kappa shape index (κ2) is 6.02. The number of aromatic nitrogens is 1. The lowest BCUT2D eigenvalue weighted by molar-refractivity contribution is 0.643. The summed E-state index contributed by atoms with van der Waals surface area (Å²) in [7, 11) is 0. The van der Waals surface area contributed by atoms with Crippen molar-refractivity contribution < 1.29 is 0 Å². The minimum atomic E-state index is 0.503. The maximum absolute atomic E-state index is 4.27. The molecular formula is C11H17BrN2. The SMILES string of the molecule is CCCCC(C)Nc1ccc(Br)cn1. The molecule has 1 atom stereocenters. The lowest BCUT2D eigenvalue weighted by atomic mass is 10.1. The summed E-state index contributed by atoms with van der Waals surface area (Å²) in [6, 6.07) is 4.50. The lowest BCUT2D eigenvalue weighted by Gasteiger charge is -2.13. The Balaban J connectivity index is 2.39. The first-order chi connectivity index (χ1) is 6.72. The molecule has 0 fully saturated rings. The molecule has 0 saturated heterocycles. The Hall–Kier alpha value is -0.570. The molecule has 1 heterocycles. The molecule has 2 nitrogen and oxygen atoms in total. The predicted molar refractivity (Wildman–Crippen MR) is 64.5 cm³/mol. The Morgan fingerprint density at radius 2 is 2.29 bits per heavy atom. The summed E-state index contributed by atoms with van der Waals surface area (Å²) >= 11 is 3.36. The largest absolute Gasteiger partial charge is 0.368 e. The van der Waals surface area contributed by atoms with Crippen LogP contribution in [0.3, 0.4) is 0 Å². The van der Waals surface area contributed by atoms with Gasteiger partial charge < -0.3 is 5.32 Å². The van der Waals surface area contributed by atoms with E-state index >= 15 is 0 Å². The van der Waals surface area contributed by atoms with Gasteiger partial charge in [0.15, 0.2) is 0 Å². The summed E-state index contributed by atoms with van der Waals surface area (Å²) < 4.78 is 1.02. The van der Waals surface area contributed by atoms with Gasteiger partial charge in [0, 0.05) is 16.7 Å². The van der Waals surface area contributed by atoms with Gasteiger partial charge in [-0.2, -0.15) is 0 Å². The minimum absolute atomic E-state index is 0.503. The van der Waals surface area contributed by atoms with E-state index in [1.807, 2.05) is 18.3 Å². The highest BCUT2D eigenvalue weighted by Gasteiger charge is 2.01. The van der Waals surface area contributed by atoms with E-state index in [-0.39, 0.29) is 0 Å². The molecule has 0 bridgehead atoms. The van der Waals surface area contributed by atoms with E-state index in [2.05, 4.69) is 40.1 Å². The fourth-order valence-corrected chi connectivity index (χ4v) is 1.53. The van der Waals surface area contributed by atoms with Gasteiger partial charge in [-0.15, -0.1) is 0 Å². The first kappa shape index (κ1) is 11.5. The van der Waals surface area contributed by atoms with Crippen LogP contribution in [0.1, 0.15) is 33.1 Å². The molecule has 0 aromatic carbocycles. The Bertz CT molecular complexity index is 258. The fraction of sp³-hybridized carbons (Fsp3) is 0.545. The van der Waals surface area contributed by atoms with E-state index in [0.717, 1.165) is 10.3 Å². The van der Waals surface area contributed by atoms with Crippen molar-refractivity contribution in [2.75, 3.05) is 5.32 Å². The van der Waals surface area contributed by atoms with E-state index in [1.165, 1.54) is 19.3 Å². The van der Waals surface area contributed by atoms with Gasteiger partial charge in [-0.25, -0.2) is 4.98 Å². The van der Waals surface area contributed by atoms with Crippen LogP contribution in [-0.2, 0) is 0 Å². The smallest absolute Gasteiger partial charge is 0.126 e. The Morgan fingerprint density at radius 3 is 2.86 bits per heavy atom. The van der Waals surface area contributed by atoms with E-state index in [9.17, 15) is 0 Å². The summed E-state index contributed by atoms with van der Waals surface area (Å²) in [4.78, 5) is 4.27. The van der Waals surface area contributed by atoms with Crippen molar-refractivity contribution in [2.24, 2.45) is 0 Å². The van der Waals surface area contributed by atoms with Crippen LogP contribution in [0, 0.1) is 0 Å². The predicted octanol–water partition coefficient (Wildman–Crippen LogP) is 3.83. The van der Waals surface area contributed by atoms with Crippen LogP contribution in [0.25, 0.3) is 0 Å². The van der Waals surface area contributed by atoms with Crippen molar-refractivity contribution in [1.29, 1.82) is 0 Å². The molecule has 1 unspecified atom stereocenters. The van der Waals surface area contributed by atoms with Crippen LogP contribution < -0.4 is 5.32 Å². The number of pyridine rings is 1. The molecule has 78 valence electrons. The van der Waals surface area contributed by atoms with Crippen LogP contribution in [0.2, 0.25) is 0 Å². The standard InChI is InChI=1S/C11H17BrN2/c1-3-4-5-9(2)14-11-7-6-10(12)8-13-11/h6-9H,3-5H2,1-2H3,(H,13,14). The number of nitrogens with zero attached hydrogens (tertiary/aromatic N) is 1. The van der Waals surface area contributed by atoms with Crippen molar-refractivity contribution in [3.63, 3.8) is 0 Å². The fourth-order valence-electron chi connectivity index (χ4n) is 1.30. The molecule has 0 amide bonds. The lowest BCUT2D eigenvalue weighted by Crippen LogP contribution is -2.15. The van der Waals surface area contributed by atoms with Crippen molar-refractivity contribution in [3.8, 4) is 0 Å². The normalized spacial score (nSPS) is 12.5. The molecule has 0 radical (unpaired) electrons. The maximum Gasteiger partial charge on any atom is 0.126 e. The highest BCUT2D eigenvalue weighted by atomic mass is 79.9. The molecule has 1 rings (SSSR count). The molecule has 1 aromatic rings. The van der Waals surface area contributed by atoms with Crippen LogP contribution in [0.15, 0.2) is 22.8 Å². The Labute approximate surface area is 94.3 Å². The van der Waals surface area contributed by atoms with E-state index in [4.69, 9.17) is 0 Å². The maximum atomic E-state index is 4.27. The van der Waals surface area contributed by atoms with Crippen LogP contribution in [-0.4, -0.2) is 11.0 Å². The second-order valence-corrected chi connectivity index (χ2v) is 4.46. The van der Waals surface area contributed by atoms with Gasteiger partial charge in [0.2, 0.25) is 0 Å². The van der Waals surface area contributed by atoms with Gasteiger partial charge in [0.05, 0.1) is 0 Å². The summed E-state index contributed by atoms with van der Waals surface area (Å²) in [5, 5.41) is 3.37. The number of anilines is 1. The number of hydrogen-bond acceptors (Lipinski definition) is 2. The zero-order valence-corrected chi connectivity index (χ0v) is 10.3. The minimum Gasteiger partial charge on any atom is -0.368 e. The van der Waals surface area contributed by atoms with Crippen molar-refractivity contribution in [1.82, 2.24) is 4.98 Å². The summed E-state index contributed by atoms with van der Waals surface area (Å²) in [5.41, 5.74) is 0. The number of unbranched alkanes of at least 4 members (excludes halogenated alkanes) is 1. The highest BCUT2D eigenvalue weighted by Crippen LogP contribution is 2.12. The molecule has 0 saturated carbocycles. The molecule has 0 aliphatic heterocycles. The zero-order valence-electron chi connectivity index (χ0n) is 8.76. The quantitative estimate of drug-likeness (QED) is 0.866. The monoisotopic (exact) mass is 256 g/mol. The zero-order chi connectivity index (χ0) is 10.4. The van der Waals surface area contributed by atoms with E-state index in [1.54, 1.807) is 0 Å². The number of halogens is 1. The molecule has 0 aliphatic carbocycles. The van der Waals surface area contributed by atoms with Crippen molar-refractivity contribution in [3.05, 3.63) is 22.8 Å². The first-order valence-corrected chi connectivity index (χ1v) is 5.89. The first-order valence-electron chi connectivity index (χ1n) is 5.10. The number of nitrogens with one attached hydrogen (secondary N) is 1. The third-order valence-electron chi connectivity index (χ3n) is 2.11. The van der Waals surface area contributed by atoms with Gasteiger partial charge in [0.25, 0.3) is 0 Å². The van der Waals surface area contributed by atoms with Crippen LogP contribution >= 0.6 is 15.9 Å². The summed E-state index contributed by atoms with van der Waals surface area (Å²) in [6.07, 6.45) is 5.54. The van der Waals surface area contributed by atoms with Gasteiger partial charge >= 0.3 is 0 Å². The van der Waals surface area contributed by atoms with Gasteiger partial charge in [0.1, 0.15) is 5.82 Å². The topological polar surface area (TPSA) is 24.9 Å². The molecule has 3 heteroatoms. The molecule has 0 spiro atoms. The highest BCUT2D eigenvalue weighted by molar-refractivity contribution is 9.10. The number of hydrogen-bond donors (Lipinski definition) is 1. The van der Waals surface area contributed by atoms with Crippen molar-refractivity contribution >= 4 is 21.7 Å². The van der Waals surface area contributed by atoms with E-state index < -0.39 is 0 Å². The average molecular weight is 257 g/mol. The second-order valence-electron chi connectivity index (χ2n) is 3.55. The third kappa shape index (κ3) is 4.09. The Morgan fingerprint density at radius 1 is 1.50 bits per heavy atom. The molecule has 14 heavy (non-hydrogen) atoms. The van der Waals surface area contributed by atoms with Crippen LogP contribution in [0.5, 0.6) is 0 Å². The van der Waals surface area contributed by atoms with Crippen LogP contribution in [0.4, 0.5) is 5.82 Å².